The predicted molar refractivity (Wildman–Crippen MR) is 132 cm³/mol. The lowest BCUT2D eigenvalue weighted by Gasteiger charge is -2.16. The zero-order valence-electron chi connectivity index (χ0n) is 20.1. The minimum absolute atomic E-state index is 0.0508. The van der Waals surface area contributed by atoms with Gasteiger partial charge >= 0.3 is 6.18 Å². The number of rotatable bonds is 9. The molecule has 2 N–H and O–H groups in total. The maximum atomic E-state index is 14.6. The number of hydrogen-bond acceptors (Lipinski definition) is 6. The van der Waals surface area contributed by atoms with Crippen LogP contribution >= 0.6 is 7.14 Å². The van der Waals surface area contributed by atoms with Crippen molar-refractivity contribution in [2.45, 2.75) is 38.9 Å². The summed E-state index contributed by atoms with van der Waals surface area (Å²) < 4.78 is 73.7. The van der Waals surface area contributed by atoms with Gasteiger partial charge in [-0.2, -0.15) is 18.2 Å². The fraction of sp³-hybridized carbons (Fsp3) is 0.320. The Morgan fingerprint density at radius 3 is 2.35 bits per heavy atom. The van der Waals surface area contributed by atoms with Gasteiger partial charge in [-0.15, -0.1) is 0 Å². The number of anilines is 2. The van der Waals surface area contributed by atoms with Crippen LogP contribution in [0.3, 0.4) is 0 Å². The second kappa shape index (κ2) is 10.5. The molecule has 0 atom stereocenters. The van der Waals surface area contributed by atoms with Crippen LogP contribution in [0.4, 0.5) is 29.2 Å². The molecule has 0 spiro atoms. The molecule has 37 heavy (non-hydrogen) atoms. The van der Waals surface area contributed by atoms with Gasteiger partial charge in [0.15, 0.2) is 0 Å². The van der Waals surface area contributed by atoms with Crippen molar-refractivity contribution in [3.8, 4) is 11.6 Å². The monoisotopic (exact) mass is 536 g/mol. The molecule has 2 aromatic carbocycles. The van der Waals surface area contributed by atoms with E-state index in [2.05, 4.69) is 20.6 Å². The number of nitrogens with one attached hydrogen (secondary N) is 2. The Hall–Kier alpha value is -3.46. The van der Waals surface area contributed by atoms with Gasteiger partial charge in [-0.1, -0.05) is 13.8 Å². The van der Waals surface area contributed by atoms with Gasteiger partial charge in [-0.25, -0.2) is 9.37 Å². The molecule has 12 heteroatoms. The third kappa shape index (κ3) is 6.28. The second-order valence-electron chi connectivity index (χ2n) is 8.60. The van der Waals surface area contributed by atoms with E-state index >= 15 is 0 Å². The molecule has 1 aromatic heterocycles. The largest absolute Gasteiger partial charge is 0.438 e. The first kappa shape index (κ1) is 26.6. The van der Waals surface area contributed by atoms with Crippen LogP contribution in [-0.4, -0.2) is 34.2 Å². The molecule has 1 aliphatic carbocycles. The van der Waals surface area contributed by atoms with Gasteiger partial charge in [0.05, 0.1) is 5.69 Å². The van der Waals surface area contributed by atoms with Gasteiger partial charge in [0.25, 0.3) is 5.91 Å². The number of carbonyl (C=O) groups is 1. The quantitative estimate of drug-likeness (QED) is 0.254. The second-order valence-corrected chi connectivity index (χ2v) is 12.2. The summed E-state index contributed by atoms with van der Waals surface area (Å²) in [7, 11) is -2.57. The lowest BCUT2D eigenvalue weighted by molar-refractivity contribution is -0.139. The minimum atomic E-state index is -4.81. The van der Waals surface area contributed by atoms with Gasteiger partial charge in [0.2, 0.25) is 11.8 Å². The highest BCUT2D eigenvalue weighted by Gasteiger charge is 2.36. The van der Waals surface area contributed by atoms with Crippen molar-refractivity contribution in [1.29, 1.82) is 0 Å². The zero-order valence-corrected chi connectivity index (χ0v) is 21.0. The van der Waals surface area contributed by atoms with Crippen molar-refractivity contribution in [2.75, 3.05) is 17.6 Å². The summed E-state index contributed by atoms with van der Waals surface area (Å²) in [6.45, 7) is 3.64. The third-order valence-corrected chi connectivity index (χ3v) is 9.28. The van der Waals surface area contributed by atoms with Gasteiger partial charge in [0.1, 0.15) is 24.3 Å². The standard InChI is InChI=1S/C25H25F4N4O3P/c1-3-37(35,4-2)18-10-8-17(9-11-18)36-23-19(25(27,28)29)14-30-24(33-23)32-21-12-5-15(13-20(21)26)22(34)31-16-6-7-16/h5,8-14,16H,3-4,6-7H2,1-2H3,(H,31,34)(H,30,32,33). The number of carbonyl (C=O) groups excluding carboxylic acids is 1. The van der Waals surface area contributed by atoms with E-state index in [0.717, 1.165) is 18.9 Å². The highest BCUT2D eigenvalue weighted by molar-refractivity contribution is 7.71. The summed E-state index contributed by atoms with van der Waals surface area (Å²) in [5.74, 6) is -2.28. The SMILES string of the molecule is CCP(=O)(CC)c1ccc(Oc2nc(Nc3ccc(C(=O)NC4CC4)cc3F)ncc2C(F)(F)F)cc1. The molecule has 196 valence electrons. The lowest BCUT2D eigenvalue weighted by Crippen LogP contribution is -2.25. The van der Waals surface area contributed by atoms with Crippen LogP contribution in [0.25, 0.3) is 0 Å². The van der Waals surface area contributed by atoms with Crippen molar-refractivity contribution in [3.63, 3.8) is 0 Å². The maximum absolute atomic E-state index is 14.6. The molecule has 1 heterocycles. The average molecular weight is 536 g/mol. The summed E-state index contributed by atoms with van der Waals surface area (Å²) in [6.07, 6.45) is -1.58. The Kier molecular flexibility index (Phi) is 7.54. The molecular weight excluding hydrogens is 511 g/mol. The van der Waals surface area contributed by atoms with Crippen LogP contribution < -0.4 is 20.7 Å². The molecule has 4 rings (SSSR count). The van der Waals surface area contributed by atoms with Gasteiger partial charge in [0, 0.05) is 35.4 Å². The molecule has 1 saturated carbocycles. The molecule has 0 bridgehead atoms. The minimum Gasteiger partial charge on any atom is -0.438 e. The Morgan fingerprint density at radius 2 is 1.78 bits per heavy atom. The van der Waals surface area contributed by atoms with E-state index in [4.69, 9.17) is 4.74 Å². The Morgan fingerprint density at radius 1 is 1.11 bits per heavy atom. The summed E-state index contributed by atoms with van der Waals surface area (Å²) in [5.41, 5.74) is -1.23. The number of ether oxygens (including phenoxy) is 1. The van der Waals surface area contributed by atoms with E-state index in [1.54, 1.807) is 12.1 Å². The van der Waals surface area contributed by atoms with Gasteiger partial charge < -0.3 is 19.9 Å². The molecule has 0 unspecified atom stereocenters. The Bertz CT molecular complexity index is 1340. The van der Waals surface area contributed by atoms with Crippen LogP contribution in [0.15, 0.2) is 48.7 Å². The topological polar surface area (TPSA) is 93.2 Å². The summed E-state index contributed by atoms with van der Waals surface area (Å²) >= 11 is 0. The van der Waals surface area contributed by atoms with Crippen molar-refractivity contribution in [3.05, 3.63) is 65.6 Å². The molecule has 1 aliphatic rings. The summed E-state index contributed by atoms with van der Waals surface area (Å²) in [6, 6.07) is 9.76. The maximum Gasteiger partial charge on any atom is 0.423 e. The van der Waals surface area contributed by atoms with Crippen molar-refractivity contribution in [1.82, 2.24) is 15.3 Å². The summed E-state index contributed by atoms with van der Waals surface area (Å²) in [5, 5.41) is 5.88. The third-order valence-electron chi connectivity index (χ3n) is 5.99. The van der Waals surface area contributed by atoms with Crippen LogP contribution in [0.1, 0.15) is 42.6 Å². The zero-order chi connectivity index (χ0) is 26.8. The fourth-order valence-electron chi connectivity index (χ4n) is 3.56. The highest BCUT2D eigenvalue weighted by atomic mass is 31.2. The summed E-state index contributed by atoms with van der Waals surface area (Å²) in [4.78, 5) is 19.6. The number of halogens is 4. The molecule has 0 radical (unpaired) electrons. The molecule has 3 aromatic rings. The smallest absolute Gasteiger partial charge is 0.423 e. The van der Waals surface area contributed by atoms with Crippen molar-refractivity contribution in [2.24, 2.45) is 0 Å². The Balaban J connectivity index is 1.57. The van der Waals surface area contributed by atoms with Crippen molar-refractivity contribution >= 4 is 30.0 Å². The van der Waals surface area contributed by atoms with Crippen LogP contribution in [0.5, 0.6) is 11.6 Å². The number of hydrogen-bond donors (Lipinski definition) is 2. The number of aromatic nitrogens is 2. The first-order valence-corrected chi connectivity index (χ1v) is 13.8. The van der Waals surface area contributed by atoms with Crippen molar-refractivity contribution < 1.29 is 31.7 Å². The van der Waals surface area contributed by atoms with E-state index in [-0.39, 0.29) is 29.0 Å². The molecule has 0 aliphatic heterocycles. The first-order chi connectivity index (χ1) is 17.5. The normalized spacial score (nSPS) is 13.8. The molecule has 1 amide bonds. The average Bonchev–Trinajstić information content (AvgIpc) is 3.68. The molecule has 0 saturated heterocycles. The van der Waals surface area contributed by atoms with Gasteiger partial charge in [-0.3, -0.25) is 4.79 Å². The van der Waals surface area contributed by atoms with Crippen LogP contribution in [0, 0.1) is 5.82 Å². The predicted octanol–water partition coefficient (Wildman–Crippen LogP) is 6.09. The van der Waals surface area contributed by atoms with E-state index < -0.39 is 36.5 Å². The number of amides is 1. The number of benzene rings is 2. The number of alkyl halides is 3. The first-order valence-electron chi connectivity index (χ1n) is 11.7. The van der Waals surface area contributed by atoms with E-state index in [0.29, 0.717) is 23.8 Å². The van der Waals surface area contributed by atoms with Gasteiger partial charge in [-0.05, 0) is 55.3 Å². The molecule has 1 fully saturated rings. The van der Waals surface area contributed by atoms with Crippen LogP contribution in [-0.2, 0) is 10.7 Å². The van der Waals surface area contributed by atoms with E-state index in [1.165, 1.54) is 24.3 Å². The van der Waals surface area contributed by atoms with Crippen LogP contribution in [0.2, 0.25) is 0 Å². The number of nitrogens with zero attached hydrogens (tertiary/aromatic N) is 2. The van der Waals surface area contributed by atoms with E-state index in [9.17, 15) is 26.9 Å². The highest BCUT2D eigenvalue weighted by Crippen LogP contribution is 2.44. The van der Waals surface area contributed by atoms with E-state index in [1.807, 2.05) is 13.8 Å². The lowest BCUT2D eigenvalue weighted by atomic mass is 10.2. The molecule has 7 nitrogen and oxygen atoms in total. The molecular formula is C25H25F4N4O3P. The fourth-order valence-corrected chi connectivity index (χ4v) is 5.43. The Labute approximate surface area is 211 Å².